The molecule has 1 atom stereocenters. The van der Waals surface area contributed by atoms with Crippen LogP contribution in [0, 0.1) is 0 Å². The van der Waals surface area contributed by atoms with E-state index in [1.54, 1.807) is 0 Å². The summed E-state index contributed by atoms with van der Waals surface area (Å²) in [5.41, 5.74) is 36.0. The molecule has 132 heavy (non-hydrogen) atoms. The summed E-state index contributed by atoms with van der Waals surface area (Å²) in [5, 5.41) is 5.03. The predicted molar refractivity (Wildman–Crippen MR) is 545 cm³/mol. The highest BCUT2D eigenvalue weighted by Gasteiger charge is 2.57. The molecule has 6 heterocycles. The highest BCUT2D eigenvalue weighted by molar-refractivity contribution is 8.00. The van der Waals surface area contributed by atoms with E-state index in [0.29, 0.717) is 0 Å². The molecule has 22 aromatic rings. The van der Waals surface area contributed by atoms with Crippen molar-refractivity contribution < 1.29 is 9.47 Å². The normalized spacial score (nSPS) is 15.5. The van der Waals surface area contributed by atoms with E-state index in [1.165, 1.54) is 182 Å². The molecule has 0 N–H and O–H groups in total. The second-order valence-electron chi connectivity index (χ2n) is 36.1. The number of nitrogens with zero attached hydrogens (tertiary/aromatic N) is 2. The van der Waals surface area contributed by atoms with Crippen molar-refractivity contribution >= 4 is 121 Å². The number of anilines is 6. The molecule has 0 saturated heterocycles. The molecule has 0 amide bonds. The molecule has 20 aromatic carbocycles. The van der Waals surface area contributed by atoms with Gasteiger partial charge in [-0.25, -0.2) is 0 Å². The van der Waals surface area contributed by atoms with E-state index in [9.17, 15) is 0 Å². The van der Waals surface area contributed by atoms with Crippen LogP contribution < -0.4 is 19.3 Å². The van der Waals surface area contributed by atoms with Gasteiger partial charge in [0.05, 0.1) is 32.0 Å². The summed E-state index contributed by atoms with van der Waals surface area (Å²) in [6.07, 6.45) is 0. The van der Waals surface area contributed by atoms with Gasteiger partial charge in [-0.05, 0) is 256 Å². The number of thiophene rings is 2. The molecule has 0 bridgehead atoms. The lowest BCUT2D eigenvalue weighted by Gasteiger charge is -2.41. The molecule has 4 nitrogen and oxygen atoms in total. The monoisotopic (exact) mass is 1750 g/mol. The number of ether oxygens (including phenoxy) is 2. The third kappa shape index (κ3) is 9.53. The third-order valence-corrected chi connectivity index (χ3v) is 34.9. The Labute approximate surface area is 779 Å². The second-order valence-corrected chi connectivity index (χ2v) is 40.4. The fourth-order valence-electron chi connectivity index (χ4n) is 25.1. The van der Waals surface area contributed by atoms with Gasteiger partial charge in [0.2, 0.25) is 0 Å². The molecule has 4 aliphatic heterocycles. The van der Waals surface area contributed by atoms with Crippen molar-refractivity contribution in [1.29, 1.82) is 0 Å². The van der Waals surface area contributed by atoms with E-state index in [0.717, 1.165) is 79.4 Å². The Bertz CT molecular complexity index is 8760. The van der Waals surface area contributed by atoms with Crippen molar-refractivity contribution in [3.63, 3.8) is 0 Å². The average molecular weight is 1750 g/mol. The fraction of sp³-hybridized carbons (Fsp3) is 0.0323. The van der Waals surface area contributed by atoms with Crippen molar-refractivity contribution in [2.24, 2.45) is 0 Å². The van der Waals surface area contributed by atoms with Gasteiger partial charge in [-0.3, -0.25) is 0 Å². The van der Waals surface area contributed by atoms with Crippen molar-refractivity contribution in [2.75, 3.05) is 9.80 Å². The van der Waals surface area contributed by atoms with E-state index in [4.69, 9.17) is 9.47 Å². The van der Waals surface area contributed by atoms with Gasteiger partial charge < -0.3 is 19.3 Å². The molecule has 0 radical (unpaired) electrons. The molecule has 8 aliphatic rings. The maximum atomic E-state index is 6.84. The summed E-state index contributed by atoms with van der Waals surface area (Å²) in [6, 6.07) is 166. The number of hydrogen-bond acceptors (Lipinski definition) is 8. The van der Waals surface area contributed by atoms with Crippen LogP contribution in [-0.4, -0.2) is 0 Å². The van der Waals surface area contributed by atoms with Gasteiger partial charge in [-0.15, -0.1) is 22.7 Å². The predicted octanol–water partition coefficient (Wildman–Crippen LogP) is 33.6. The molecule has 0 fully saturated rings. The second kappa shape index (κ2) is 27.2. The van der Waals surface area contributed by atoms with Crippen LogP contribution in [-0.2, 0) is 21.7 Å². The largest absolute Gasteiger partial charge is 0.457 e. The Morgan fingerprint density at radius 1 is 0.189 bits per heavy atom. The van der Waals surface area contributed by atoms with Crippen LogP contribution in [0.1, 0.15) is 89.0 Å². The average Bonchev–Trinajstić information content (AvgIpc) is 1.50. The number of para-hydroxylation sites is 4. The van der Waals surface area contributed by atoms with Crippen molar-refractivity contribution in [2.45, 2.75) is 41.2 Å². The summed E-state index contributed by atoms with van der Waals surface area (Å²) in [4.78, 5) is 10.2. The van der Waals surface area contributed by atoms with E-state index < -0.39 is 21.7 Å². The molecule has 2 aromatic heterocycles. The van der Waals surface area contributed by atoms with E-state index in [1.807, 2.05) is 46.2 Å². The summed E-state index contributed by atoms with van der Waals surface area (Å²) in [7, 11) is 0. The molecule has 614 valence electrons. The Kier molecular flexibility index (Phi) is 15.2. The lowest BCUT2D eigenvalue weighted by atomic mass is 9.66. The highest BCUT2D eigenvalue weighted by Crippen LogP contribution is 2.70. The number of fused-ring (bicyclic) bond motifs is 42. The Balaban J connectivity index is 0.607. The Hall–Kier alpha value is -15.3. The van der Waals surface area contributed by atoms with Crippen molar-refractivity contribution in [3.8, 4) is 78.6 Å². The molecule has 30 rings (SSSR count). The summed E-state index contributed by atoms with van der Waals surface area (Å²) in [6.45, 7) is 0. The first-order chi connectivity index (χ1) is 65.4. The standard InChI is InChI=1S/C124H72N2O2S4/c1-6-34-92-80(27-1)87-68-74(56-62-95(87)121(92)99-37-9-16-46-109(99)127-110-47-17-10-38-100(110)121)125(76-60-66-115-91(72-76)85-31-5-20-50-113(85)129-115)75-57-63-98-90(69-75)83-61-55-73(67-107(83)124(98)103-41-13-22-52-116(103)130-117-53-23-14-42-104(117)124)79-32-25-44-106-119(79)132-118-54-24-15-43-105(118)123(106)94-36-8-3-29-82(94)89-71-78(59-65-97(89)123)126(108-45-26-33-86-84-30-4-21-51-114(84)131-120(86)108)77-58-64-96-88(70-77)81-28-2-7-35-93(81)122(96)101-39-11-18-48-111(101)128-112-49-19-12-40-102(112)122/h1-72H. The fourth-order valence-corrected chi connectivity index (χ4v) is 29.9. The minimum absolute atomic E-state index is 0.614. The molecule has 1 unspecified atom stereocenters. The lowest BCUT2D eigenvalue weighted by Crippen LogP contribution is -2.32. The maximum absolute atomic E-state index is 6.84. The van der Waals surface area contributed by atoms with E-state index in [-0.39, 0.29) is 0 Å². The summed E-state index contributed by atoms with van der Waals surface area (Å²) in [5.74, 6) is 3.53. The summed E-state index contributed by atoms with van der Waals surface area (Å²) < 4.78 is 18.7. The highest BCUT2D eigenvalue weighted by atomic mass is 32.2. The minimum atomic E-state index is -0.711. The zero-order valence-corrected chi connectivity index (χ0v) is 74.2. The van der Waals surface area contributed by atoms with Gasteiger partial charge in [0, 0.05) is 106 Å². The first kappa shape index (κ1) is 73.6. The van der Waals surface area contributed by atoms with E-state index >= 15 is 0 Å². The van der Waals surface area contributed by atoms with Gasteiger partial charge >= 0.3 is 0 Å². The molecule has 4 aliphatic carbocycles. The van der Waals surface area contributed by atoms with Crippen LogP contribution in [0.2, 0.25) is 0 Å². The maximum Gasteiger partial charge on any atom is 0.132 e. The Morgan fingerprint density at radius 3 is 1.02 bits per heavy atom. The molecule has 8 heteroatoms. The molecular weight excluding hydrogens is 1680 g/mol. The van der Waals surface area contributed by atoms with E-state index in [2.05, 4.69) is 447 Å². The first-order valence-corrected chi connectivity index (χ1v) is 48.7. The molecule has 0 saturated carbocycles. The number of rotatable bonds is 7. The van der Waals surface area contributed by atoms with Crippen LogP contribution >= 0.6 is 46.2 Å². The van der Waals surface area contributed by atoms with Crippen LogP contribution in [0.4, 0.5) is 34.1 Å². The molecule has 4 spiro atoms. The zero-order valence-electron chi connectivity index (χ0n) is 70.9. The number of hydrogen-bond donors (Lipinski definition) is 0. The first-order valence-electron chi connectivity index (χ1n) is 45.4. The quantitative estimate of drug-likeness (QED) is 0.158. The van der Waals surface area contributed by atoms with Gasteiger partial charge in [0.15, 0.2) is 0 Å². The van der Waals surface area contributed by atoms with Gasteiger partial charge in [0.1, 0.15) is 23.0 Å². The lowest BCUT2D eigenvalue weighted by molar-refractivity contribution is 0.436. The van der Waals surface area contributed by atoms with Gasteiger partial charge in [-0.1, -0.05) is 327 Å². The van der Waals surface area contributed by atoms with Crippen LogP contribution in [0.15, 0.2) is 456 Å². The number of benzene rings is 20. The van der Waals surface area contributed by atoms with Crippen molar-refractivity contribution in [1.82, 2.24) is 0 Å². The Morgan fingerprint density at radius 2 is 0.523 bits per heavy atom. The van der Waals surface area contributed by atoms with Crippen molar-refractivity contribution in [3.05, 3.63) is 526 Å². The SMILES string of the molecule is c1ccc2c(c1)Oc1ccccc1C21c2ccccc2-c2cc(N(c3ccc4c(c3)-c3ccc(-c5cccc6c5Sc5ccccc5C65c6ccccc6-c6cc(N(c7ccc8c(c7)-c7ccccc7C87c8ccccc8Oc8ccccc87)c7cccc8c7sc7ccccc78)ccc65)cc3C43c4ccccc4Sc4ccccc43)c3ccc4sc5ccccc5c4c3)ccc21. The summed E-state index contributed by atoms with van der Waals surface area (Å²) >= 11 is 7.57. The van der Waals surface area contributed by atoms with Crippen LogP contribution in [0.25, 0.3) is 96.0 Å². The van der Waals surface area contributed by atoms with Crippen LogP contribution in [0.3, 0.4) is 0 Å². The molecular formula is C124H72N2O2S4. The van der Waals surface area contributed by atoms with Crippen LogP contribution in [0.5, 0.6) is 23.0 Å². The minimum Gasteiger partial charge on any atom is -0.457 e. The zero-order chi connectivity index (χ0) is 86.0. The topological polar surface area (TPSA) is 24.9 Å². The van der Waals surface area contributed by atoms with Gasteiger partial charge in [0.25, 0.3) is 0 Å². The smallest absolute Gasteiger partial charge is 0.132 e. The van der Waals surface area contributed by atoms with Gasteiger partial charge in [-0.2, -0.15) is 0 Å². The third-order valence-electron chi connectivity index (χ3n) is 30.1.